The number of hydrogen-bond acceptors (Lipinski definition) is 1. The van der Waals surface area contributed by atoms with Crippen LogP contribution in [0.4, 0.5) is 0 Å². The van der Waals surface area contributed by atoms with Crippen LogP contribution in [-0.4, -0.2) is 0 Å². The quantitative estimate of drug-likeness (QED) is 0.537. The van der Waals surface area contributed by atoms with E-state index in [4.69, 9.17) is 0 Å². The third-order valence-electron chi connectivity index (χ3n) is 3.83. The Morgan fingerprint density at radius 2 is 1.68 bits per heavy atom. The lowest BCUT2D eigenvalue weighted by Crippen LogP contribution is -2.06. The molecule has 0 aromatic heterocycles. The van der Waals surface area contributed by atoms with Crippen LogP contribution >= 0.6 is 0 Å². The van der Waals surface area contributed by atoms with Gasteiger partial charge in [0.25, 0.3) is 0 Å². The second kappa shape index (κ2) is 9.62. The van der Waals surface area contributed by atoms with Crippen molar-refractivity contribution in [2.75, 3.05) is 0 Å². The molecular formula is C18H27N. The highest BCUT2D eigenvalue weighted by Gasteiger charge is 2.11. The maximum atomic E-state index is 9.17. The molecule has 0 N–H and O–H groups in total. The predicted octanol–water partition coefficient (Wildman–Crippen LogP) is 5.49. The third kappa shape index (κ3) is 5.92. The molecule has 0 saturated heterocycles. The first-order valence-corrected chi connectivity index (χ1v) is 7.79. The molecule has 0 amide bonds. The summed E-state index contributed by atoms with van der Waals surface area (Å²) in [5, 5.41) is 9.17. The molecule has 0 spiro atoms. The average Bonchev–Trinajstić information content (AvgIpc) is 2.45. The van der Waals surface area contributed by atoms with Crippen LogP contribution in [0, 0.1) is 17.2 Å². The Labute approximate surface area is 118 Å². The summed E-state index contributed by atoms with van der Waals surface area (Å²) in [6.45, 7) is 4.51. The fourth-order valence-corrected chi connectivity index (χ4v) is 2.64. The lowest BCUT2D eigenvalue weighted by atomic mass is 9.88. The molecule has 0 radical (unpaired) electrons. The van der Waals surface area contributed by atoms with Crippen LogP contribution in [0.25, 0.3) is 0 Å². The summed E-state index contributed by atoms with van der Waals surface area (Å²) in [7, 11) is 0. The third-order valence-corrected chi connectivity index (χ3v) is 3.83. The maximum absolute atomic E-state index is 9.17. The fourth-order valence-electron chi connectivity index (χ4n) is 2.64. The van der Waals surface area contributed by atoms with Gasteiger partial charge in [0.05, 0.1) is 11.6 Å². The molecule has 1 nitrogen and oxygen atoms in total. The summed E-state index contributed by atoms with van der Waals surface area (Å²) in [4.78, 5) is 0. The summed E-state index contributed by atoms with van der Waals surface area (Å²) in [6, 6.07) is 10.4. The van der Waals surface area contributed by atoms with Crippen molar-refractivity contribution in [3.05, 3.63) is 35.4 Å². The largest absolute Gasteiger partial charge is 0.192 e. The van der Waals surface area contributed by atoms with Crippen molar-refractivity contribution in [2.45, 2.75) is 65.2 Å². The standard InChI is InChI=1S/C18H27N/c1-3-5-7-11-16(10-6-4-2)14-17-12-8-9-13-18(17)15-19/h8-9,12-13,16H,3-7,10-11,14H2,1-2H3. The number of nitriles is 1. The minimum absolute atomic E-state index is 0.751. The predicted molar refractivity (Wildman–Crippen MR) is 82.0 cm³/mol. The lowest BCUT2D eigenvalue weighted by Gasteiger charge is -2.17. The van der Waals surface area contributed by atoms with Gasteiger partial charge in [0.15, 0.2) is 0 Å². The maximum Gasteiger partial charge on any atom is 0.0994 e. The second-order valence-corrected chi connectivity index (χ2v) is 5.48. The molecule has 0 heterocycles. The molecule has 0 saturated carbocycles. The van der Waals surface area contributed by atoms with Crippen molar-refractivity contribution < 1.29 is 0 Å². The zero-order valence-electron chi connectivity index (χ0n) is 12.5. The van der Waals surface area contributed by atoms with Gasteiger partial charge in [-0.3, -0.25) is 0 Å². The number of rotatable bonds is 9. The van der Waals surface area contributed by atoms with E-state index in [2.05, 4.69) is 32.0 Å². The molecule has 104 valence electrons. The molecule has 0 aliphatic carbocycles. The zero-order chi connectivity index (χ0) is 13.9. The highest BCUT2D eigenvalue weighted by molar-refractivity contribution is 5.37. The van der Waals surface area contributed by atoms with Crippen LogP contribution in [-0.2, 0) is 6.42 Å². The van der Waals surface area contributed by atoms with Gasteiger partial charge in [0.1, 0.15) is 0 Å². The first kappa shape index (κ1) is 15.8. The van der Waals surface area contributed by atoms with Gasteiger partial charge in [-0.1, -0.05) is 77.0 Å². The van der Waals surface area contributed by atoms with Crippen LogP contribution in [0.5, 0.6) is 0 Å². The summed E-state index contributed by atoms with van der Waals surface area (Å²) in [5.41, 5.74) is 2.10. The van der Waals surface area contributed by atoms with Gasteiger partial charge in [0.2, 0.25) is 0 Å². The first-order chi connectivity index (χ1) is 9.31. The molecule has 0 fully saturated rings. The summed E-state index contributed by atoms with van der Waals surface area (Å²) < 4.78 is 0. The molecule has 1 heteroatoms. The molecule has 1 atom stereocenters. The summed E-state index contributed by atoms with van der Waals surface area (Å²) in [6.07, 6.45) is 10.2. The molecule has 0 bridgehead atoms. The van der Waals surface area contributed by atoms with E-state index < -0.39 is 0 Å². The Bertz CT molecular complexity index is 389. The van der Waals surface area contributed by atoms with Gasteiger partial charge in [-0.15, -0.1) is 0 Å². The van der Waals surface area contributed by atoms with E-state index in [9.17, 15) is 5.26 Å². The van der Waals surface area contributed by atoms with Gasteiger partial charge in [-0.05, 0) is 24.0 Å². The van der Waals surface area contributed by atoms with E-state index in [1.807, 2.05) is 12.1 Å². The normalized spacial score (nSPS) is 12.1. The van der Waals surface area contributed by atoms with Gasteiger partial charge >= 0.3 is 0 Å². The van der Waals surface area contributed by atoms with Crippen LogP contribution in [0.15, 0.2) is 24.3 Å². The summed E-state index contributed by atoms with van der Waals surface area (Å²) in [5.74, 6) is 0.751. The smallest absolute Gasteiger partial charge is 0.0994 e. The Morgan fingerprint density at radius 3 is 2.37 bits per heavy atom. The van der Waals surface area contributed by atoms with Gasteiger partial charge in [0, 0.05) is 0 Å². The van der Waals surface area contributed by atoms with Crippen molar-refractivity contribution in [2.24, 2.45) is 5.92 Å². The van der Waals surface area contributed by atoms with E-state index >= 15 is 0 Å². The van der Waals surface area contributed by atoms with Crippen molar-refractivity contribution in [3.63, 3.8) is 0 Å². The SMILES string of the molecule is CCCCCC(CCCC)Cc1ccccc1C#N. The minimum atomic E-state index is 0.751. The van der Waals surface area contributed by atoms with E-state index in [1.54, 1.807) is 0 Å². The number of nitrogens with zero attached hydrogens (tertiary/aromatic N) is 1. The lowest BCUT2D eigenvalue weighted by molar-refractivity contribution is 0.412. The molecule has 0 aliphatic rings. The van der Waals surface area contributed by atoms with Crippen LogP contribution in [0.3, 0.4) is 0 Å². The molecule has 1 unspecified atom stereocenters. The fraction of sp³-hybridized carbons (Fsp3) is 0.611. The highest BCUT2D eigenvalue weighted by atomic mass is 14.2. The van der Waals surface area contributed by atoms with Crippen LogP contribution < -0.4 is 0 Å². The van der Waals surface area contributed by atoms with Crippen molar-refractivity contribution in [1.82, 2.24) is 0 Å². The second-order valence-electron chi connectivity index (χ2n) is 5.48. The molecule has 0 aliphatic heterocycles. The van der Waals surface area contributed by atoms with Crippen LogP contribution in [0.2, 0.25) is 0 Å². The Kier molecular flexibility index (Phi) is 7.98. The average molecular weight is 257 g/mol. The first-order valence-electron chi connectivity index (χ1n) is 7.79. The minimum Gasteiger partial charge on any atom is -0.192 e. The van der Waals surface area contributed by atoms with E-state index in [0.717, 1.165) is 17.9 Å². The topological polar surface area (TPSA) is 23.8 Å². The molecule has 19 heavy (non-hydrogen) atoms. The number of hydrogen-bond donors (Lipinski definition) is 0. The van der Waals surface area contributed by atoms with Crippen molar-refractivity contribution in [1.29, 1.82) is 5.26 Å². The number of benzene rings is 1. The molecule has 1 rings (SSSR count). The van der Waals surface area contributed by atoms with Gasteiger partial charge in [-0.25, -0.2) is 0 Å². The molecule has 1 aromatic carbocycles. The Morgan fingerprint density at radius 1 is 1.00 bits per heavy atom. The Balaban J connectivity index is 2.61. The van der Waals surface area contributed by atoms with Gasteiger partial charge < -0.3 is 0 Å². The van der Waals surface area contributed by atoms with E-state index in [0.29, 0.717) is 0 Å². The van der Waals surface area contributed by atoms with Crippen molar-refractivity contribution in [3.8, 4) is 6.07 Å². The highest BCUT2D eigenvalue weighted by Crippen LogP contribution is 2.23. The van der Waals surface area contributed by atoms with E-state index in [-0.39, 0.29) is 0 Å². The van der Waals surface area contributed by atoms with E-state index in [1.165, 1.54) is 50.5 Å². The van der Waals surface area contributed by atoms with Crippen molar-refractivity contribution >= 4 is 0 Å². The Hall–Kier alpha value is -1.29. The summed E-state index contributed by atoms with van der Waals surface area (Å²) >= 11 is 0. The molecular weight excluding hydrogens is 230 g/mol. The van der Waals surface area contributed by atoms with Crippen LogP contribution in [0.1, 0.15) is 69.9 Å². The zero-order valence-corrected chi connectivity index (χ0v) is 12.5. The molecule has 1 aromatic rings. The van der Waals surface area contributed by atoms with Gasteiger partial charge in [-0.2, -0.15) is 5.26 Å². The monoisotopic (exact) mass is 257 g/mol. The number of unbranched alkanes of at least 4 members (excludes halogenated alkanes) is 3.